The number of rotatable bonds is 3. The number of hydrazone groups is 1. The van der Waals surface area contributed by atoms with Gasteiger partial charge >= 0.3 is 17.1 Å². The predicted molar refractivity (Wildman–Crippen MR) is 101 cm³/mol. The van der Waals surface area contributed by atoms with Gasteiger partial charge in [0.15, 0.2) is 5.82 Å². The van der Waals surface area contributed by atoms with Gasteiger partial charge in [-0.05, 0) is 6.92 Å². The maximum absolute atomic E-state index is 4.46. The summed E-state index contributed by atoms with van der Waals surface area (Å²) in [7, 11) is 0. The maximum Gasteiger partial charge on any atom is 2.00 e. The Bertz CT molecular complexity index is 663. The monoisotopic (exact) mass is 378 g/mol. The van der Waals surface area contributed by atoms with Crippen molar-refractivity contribution in [3.63, 3.8) is 0 Å². The van der Waals surface area contributed by atoms with Gasteiger partial charge in [0, 0.05) is 16.5 Å². The molecule has 4 rings (SSSR count). The summed E-state index contributed by atoms with van der Waals surface area (Å²) >= 11 is 0. The van der Waals surface area contributed by atoms with Crippen LogP contribution in [0.4, 0.5) is 5.82 Å². The van der Waals surface area contributed by atoms with Crippen molar-refractivity contribution in [3.05, 3.63) is 43.3 Å². The third-order valence-electron chi connectivity index (χ3n) is 4.68. The van der Waals surface area contributed by atoms with Crippen molar-refractivity contribution < 1.29 is 17.1 Å². The van der Waals surface area contributed by atoms with Crippen LogP contribution in [0.25, 0.3) is 10.8 Å². The Morgan fingerprint density at radius 2 is 1.96 bits per heavy atom. The molecule has 1 unspecified atom stereocenters. The fourth-order valence-electron chi connectivity index (χ4n) is 3.21. The number of benzene rings is 1. The Hall–Kier alpha value is -1.45. The van der Waals surface area contributed by atoms with Gasteiger partial charge in [-0.15, -0.1) is 11.0 Å². The predicted octanol–water partition coefficient (Wildman–Crippen LogP) is 5.18. The molecule has 2 fully saturated rings. The Morgan fingerprint density at radius 3 is 2.64 bits per heavy atom. The van der Waals surface area contributed by atoms with Gasteiger partial charge in [-0.25, -0.2) is 0 Å². The second-order valence-electron chi connectivity index (χ2n) is 6.49. The van der Waals surface area contributed by atoms with Crippen LogP contribution in [0.1, 0.15) is 51.9 Å². The van der Waals surface area contributed by atoms with Crippen molar-refractivity contribution in [2.24, 2.45) is 11.0 Å². The zero-order valence-corrected chi connectivity index (χ0v) is 15.9. The van der Waals surface area contributed by atoms with Gasteiger partial charge in [0.25, 0.3) is 0 Å². The van der Waals surface area contributed by atoms with Crippen LogP contribution in [-0.2, 0) is 17.1 Å². The SMILES string of the molecule is C/C(=N\Nc1nncc2ccccc12)C1[CH-]CCC1.[CH-]1CCCC1.[Fe+2]. The first-order valence-corrected chi connectivity index (χ1v) is 9.00. The van der Waals surface area contributed by atoms with Crippen LogP contribution >= 0.6 is 0 Å². The minimum absolute atomic E-state index is 0. The zero-order chi connectivity index (χ0) is 16.6. The van der Waals surface area contributed by atoms with E-state index >= 15 is 0 Å². The summed E-state index contributed by atoms with van der Waals surface area (Å²) in [5, 5.41) is 14.7. The zero-order valence-electron chi connectivity index (χ0n) is 14.8. The number of nitrogens with zero attached hydrogens (tertiary/aromatic N) is 3. The fourth-order valence-corrected chi connectivity index (χ4v) is 3.21. The summed E-state index contributed by atoms with van der Waals surface area (Å²) in [6.07, 6.45) is 15.8. The number of aromatic nitrogens is 2. The molecular formula is C20H26FeN4. The van der Waals surface area contributed by atoms with Crippen molar-refractivity contribution in [2.75, 3.05) is 5.43 Å². The van der Waals surface area contributed by atoms with Gasteiger partial charge in [-0.1, -0.05) is 49.9 Å². The van der Waals surface area contributed by atoms with Crippen LogP contribution in [0.2, 0.25) is 0 Å². The van der Waals surface area contributed by atoms with Crippen molar-refractivity contribution in [3.8, 4) is 0 Å². The molecule has 1 aromatic heterocycles. The van der Waals surface area contributed by atoms with E-state index in [0.717, 1.165) is 22.3 Å². The summed E-state index contributed by atoms with van der Waals surface area (Å²) in [5.41, 5.74) is 4.18. The topological polar surface area (TPSA) is 50.2 Å². The molecule has 1 N–H and O–H groups in total. The van der Waals surface area contributed by atoms with Crippen LogP contribution < -0.4 is 5.43 Å². The summed E-state index contributed by atoms with van der Waals surface area (Å²) < 4.78 is 0. The summed E-state index contributed by atoms with van der Waals surface area (Å²) in [6.45, 7) is 2.07. The first-order chi connectivity index (χ1) is 11.8. The van der Waals surface area contributed by atoms with Crippen LogP contribution in [0.3, 0.4) is 0 Å². The molecule has 0 bridgehead atoms. The normalized spacial score (nSPS) is 19.9. The molecule has 0 aliphatic heterocycles. The molecule has 2 aliphatic rings. The molecule has 1 atom stereocenters. The number of nitrogens with one attached hydrogen (secondary N) is 1. The van der Waals surface area contributed by atoms with Crippen LogP contribution in [-0.4, -0.2) is 15.9 Å². The number of hydrogen-bond acceptors (Lipinski definition) is 4. The van der Waals surface area contributed by atoms with Gasteiger partial charge in [0.2, 0.25) is 0 Å². The van der Waals surface area contributed by atoms with E-state index in [2.05, 4.69) is 40.5 Å². The van der Waals surface area contributed by atoms with E-state index < -0.39 is 0 Å². The minimum Gasteiger partial charge on any atom is -0.328 e. The van der Waals surface area contributed by atoms with Crippen LogP contribution in [0.5, 0.6) is 0 Å². The molecule has 5 heteroatoms. The second kappa shape index (κ2) is 10.5. The summed E-state index contributed by atoms with van der Waals surface area (Å²) in [5.74, 6) is 1.23. The van der Waals surface area contributed by atoms with E-state index in [1.807, 2.05) is 24.3 Å². The van der Waals surface area contributed by atoms with E-state index in [-0.39, 0.29) is 17.1 Å². The van der Waals surface area contributed by atoms with Crippen LogP contribution in [0, 0.1) is 18.8 Å². The van der Waals surface area contributed by atoms with Crippen LogP contribution in [0.15, 0.2) is 35.6 Å². The van der Waals surface area contributed by atoms with E-state index in [4.69, 9.17) is 0 Å². The third-order valence-corrected chi connectivity index (χ3v) is 4.68. The molecular weight excluding hydrogens is 352 g/mol. The standard InChI is InChI=1S/C15H17N4.C5H9.Fe/c1-11(12-6-2-3-7-12)17-19-15-14-9-5-4-8-13(14)10-16-18-15;1-2-4-5-3-1;/h4-6,8-10,12H,2-3,7H2,1H3,(H,18,19);1H,2-5H2;/q2*-1;+2/b17-11+;;. The van der Waals surface area contributed by atoms with Crippen molar-refractivity contribution in [1.29, 1.82) is 0 Å². The third kappa shape index (κ3) is 5.79. The molecule has 0 amide bonds. The number of anilines is 1. The smallest absolute Gasteiger partial charge is 0.328 e. The molecule has 0 radical (unpaired) electrons. The Balaban J connectivity index is 0.000000325. The van der Waals surface area contributed by atoms with Gasteiger partial charge in [-0.2, -0.15) is 29.5 Å². The Labute approximate surface area is 161 Å². The number of hydrogen-bond donors (Lipinski definition) is 1. The first kappa shape index (κ1) is 19.9. The van der Waals surface area contributed by atoms with Gasteiger partial charge in [0.1, 0.15) is 0 Å². The maximum atomic E-state index is 4.46. The number of fused-ring (bicyclic) bond motifs is 1. The summed E-state index contributed by atoms with van der Waals surface area (Å²) in [6, 6.07) is 8.04. The minimum atomic E-state index is 0. The van der Waals surface area contributed by atoms with Crippen molar-refractivity contribution in [1.82, 2.24) is 10.2 Å². The van der Waals surface area contributed by atoms with Crippen molar-refractivity contribution in [2.45, 2.75) is 51.9 Å². The molecule has 0 saturated heterocycles. The van der Waals surface area contributed by atoms with Crippen molar-refractivity contribution >= 4 is 22.3 Å². The molecule has 2 aromatic rings. The molecule has 1 aromatic carbocycles. The van der Waals surface area contributed by atoms with E-state index in [1.165, 1.54) is 44.9 Å². The fraction of sp³-hybridized carbons (Fsp3) is 0.450. The van der Waals surface area contributed by atoms with Gasteiger partial charge in [-0.3, -0.25) is 5.43 Å². The Morgan fingerprint density at radius 1 is 1.16 bits per heavy atom. The first-order valence-electron chi connectivity index (χ1n) is 9.00. The quantitative estimate of drug-likeness (QED) is 0.346. The average Bonchev–Trinajstić information content (AvgIpc) is 3.36. The molecule has 1 heterocycles. The van der Waals surface area contributed by atoms with Gasteiger partial charge in [0.05, 0.1) is 6.20 Å². The summed E-state index contributed by atoms with van der Waals surface area (Å²) in [4.78, 5) is 0. The molecule has 4 nitrogen and oxygen atoms in total. The molecule has 2 aliphatic carbocycles. The average molecular weight is 378 g/mol. The van der Waals surface area contributed by atoms with Gasteiger partial charge < -0.3 is 12.8 Å². The Kier molecular flexibility index (Phi) is 8.36. The second-order valence-corrected chi connectivity index (χ2v) is 6.49. The van der Waals surface area contributed by atoms with E-state index in [1.54, 1.807) is 6.20 Å². The molecule has 25 heavy (non-hydrogen) atoms. The largest absolute Gasteiger partial charge is 2.00 e. The van der Waals surface area contributed by atoms with E-state index in [9.17, 15) is 0 Å². The van der Waals surface area contributed by atoms with E-state index in [0.29, 0.717) is 5.92 Å². The molecule has 134 valence electrons. The molecule has 0 spiro atoms. The molecule has 2 saturated carbocycles.